The molecule has 1 aliphatic heterocycles. The molecule has 0 aromatic heterocycles. The van der Waals surface area contributed by atoms with E-state index in [1.54, 1.807) is 0 Å². The summed E-state index contributed by atoms with van der Waals surface area (Å²) in [7, 11) is 2.11. The van der Waals surface area contributed by atoms with Gasteiger partial charge in [-0.15, -0.1) is 0 Å². The predicted octanol–water partition coefficient (Wildman–Crippen LogP) is 0.674. The van der Waals surface area contributed by atoms with Gasteiger partial charge in [0, 0.05) is 13.1 Å². The smallest absolute Gasteiger partial charge is 0.0737 e. The van der Waals surface area contributed by atoms with Crippen molar-refractivity contribution in [3.05, 3.63) is 0 Å². The minimum atomic E-state index is -0.532. The number of nitrogens with two attached hydrogens (primary N) is 1. The Morgan fingerprint density at radius 3 is 2.71 bits per heavy atom. The molecule has 3 heteroatoms. The van der Waals surface area contributed by atoms with Gasteiger partial charge in [0.15, 0.2) is 0 Å². The van der Waals surface area contributed by atoms with E-state index in [2.05, 4.69) is 25.8 Å². The lowest BCUT2D eigenvalue weighted by Crippen LogP contribution is -2.55. The van der Waals surface area contributed by atoms with Crippen molar-refractivity contribution >= 4 is 0 Å². The topological polar surface area (TPSA) is 49.5 Å². The number of aliphatic hydroxyl groups is 1. The van der Waals surface area contributed by atoms with Gasteiger partial charge in [0.25, 0.3) is 0 Å². The van der Waals surface area contributed by atoms with Crippen LogP contribution in [0.4, 0.5) is 0 Å². The second kappa shape index (κ2) is 4.60. The van der Waals surface area contributed by atoms with Crippen LogP contribution in [-0.4, -0.2) is 42.3 Å². The molecule has 0 radical (unpaired) electrons. The second-order valence-corrected chi connectivity index (χ2v) is 4.75. The van der Waals surface area contributed by atoms with Crippen molar-refractivity contribution < 1.29 is 5.11 Å². The van der Waals surface area contributed by atoms with Gasteiger partial charge in [0.1, 0.15) is 0 Å². The minimum absolute atomic E-state index is 0.256. The maximum Gasteiger partial charge on any atom is 0.0737 e. The number of hydrogen-bond acceptors (Lipinski definition) is 3. The van der Waals surface area contributed by atoms with Crippen molar-refractivity contribution in [1.29, 1.82) is 0 Å². The fourth-order valence-corrected chi connectivity index (χ4v) is 2.66. The molecule has 84 valence electrons. The molecule has 1 rings (SSSR count). The monoisotopic (exact) mass is 200 g/mol. The highest BCUT2D eigenvalue weighted by atomic mass is 16.3. The number of piperidine rings is 1. The summed E-state index contributed by atoms with van der Waals surface area (Å²) >= 11 is 0. The molecule has 3 atom stereocenters. The number of likely N-dealkylation sites (tertiary alicyclic amines) is 1. The summed E-state index contributed by atoms with van der Waals surface area (Å²) < 4.78 is 0. The van der Waals surface area contributed by atoms with Crippen LogP contribution in [0.1, 0.15) is 26.7 Å². The van der Waals surface area contributed by atoms with E-state index in [-0.39, 0.29) is 5.92 Å². The first-order valence-electron chi connectivity index (χ1n) is 5.65. The molecule has 1 heterocycles. The Labute approximate surface area is 87.3 Å². The summed E-state index contributed by atoms with van der Waals surface area (Å²) in [5.74, 6) is 0.584. The number of nitrogens with zero attached hydrogens (tertiary/aromatic N) is 1. The van der Waals surface area contributed by atoms with Crippen LogP contribution in [0.5, 0.6) is 0 Å². The van der Waals surface area contributed by atoms with Crippen LogP contribution in [0, 0.1) is 11.8 Å². The van der Waals surface area contributed by atoms with Crippen LogP contribution < -0.4 is 5.73 Å². The Balaban J connectivity index is 2.71. The lowest BCUT2D eigenvalue weighted by atomic mass is 9.72. The van der Waals surface area contributed by atoms with Crippen molar-refractivity contribution in [1.82, 2.24) is 4.90 Å². The van der Waals surface area contributed by atoms with Crippen molar-refractivity contribution in [2.45, 2.75) is 32.3 Å². The van der Waals surface area contributed by atoms with E-state index in [1.807, 2.05) is 0 Å². The molecule has 0 bridgehead atoms. The number of rotatable bonds is 3. The Kier molecular flexibility index (Phi) is 3.93. The third-order valence-electron chi connectivity index (χ3n) is 3.82. The van der Waals surface area contributed by atoms with E-state index in [0.717, 1.165) is 25.9 Å². The lowest BCUT2D eigenvalue weighted by molar-refractivity contribution is -0.101. The molecule has 0 spiro atoms. The van der Waals surface area contributed by atoms with E-state index in [1.165, 1.54) is 0 Å². The van der Waals surface area contributed by atoms with Gasteiger partial charge in [-0.05, 0) is 38.3 Å². The van der Waals surface area contributed by atoms with Crippen LogP contribution in [0.25, 0.3) is 0 Å². The van der Waals surface area contributed by atoms with E-state index in [9.17, 15) is 5.11 Å². The SMILES string of the molecule is CCC(CN)C1(O)CCN(C)CC1C. The summed E-state index contributed by atoms with van der Waals surface area (Å²) in [6.45, 7) is 6.81. The zero-order valence-electron chi connectivity index (χ0n) is 9.66. The maximum absolute atomic E-state index is 10.6. The summed E-state index contributed by atoms with van der Waals surface area (Å²) in [6.07, 6.45) is 1.83. The average Bonchev–Trinajstić information content (AvgIpc) is 2.14. The van der Waals surface area contributed by atoms with E-state index in [4.69, 9.17) is 5.73 Å². The first kappa shape index (κ1) is 12.0. The minimum Gasteiger partial charge on any atom is -0.389 e. The van der Waals surface area contributed by atoms with Gasteiger partial charge in [-0.1, -0.05) is 13.8 Å². The summed E-state index contributed by atoms with van der Waals surface area (Å²) in [5.41, 5.74) is 5.19. The molecule has 0 amide bonds. The zero-order chi connectivity index (χ0) is 10.8. The predicted molar refractivity (Wildman–Crippen MR) is 59.1 cm³/mol. The van der Waals surface area contributed by atoms with Crippen LogP contribution in [0.2, 0.25) is 0 Å². The number of hydrogen-bond donors (Lipinski definition) is 2. The van der Waals surface area contributed by atoms with Crippen LogP contribution >= 0.6 is 0 Å². The third-order valence-corrected chi connectivity index (χ3v) is 3.82. The average molecular weight is 200 g/mol. The van der Waals surface area contributed by atoms with Crippen molar-refractivity contribution in [2.24, 2.45) is 17.6 Å². The largest absolute Gasteiger partial charge is 0.389 e. The lowest BCUT2D eigenvalue weighted by Gasteiger charge is -2.46. The molecule has 3 nitrogen and oxygen atoms in total. The Morgan fingerprint density at radius 1 is 1.64 bits per heavy atom. The van der Waals surface area contributed by atoms with Gasteiger partial charge in [0.2, 0.25) is 0 Å². The molecule has 3 unspecified atom stereocenters. The summed E-state index contributed by atoms with van der Waals surface area (Å²) in [5, 5.41) is 10.6. The molecule has 0 aliphatic carbocycles. The van der Waals surface area contributed by atoms with Crippen molar-refractivity contribution in [2.75, 3.05) is 26.7 Å². The van der Waals surface area contributed by atoms with Gasteiger partial charge in [-0.25, -0.2) is 0 Å². The molecule has 14 heavy (non-hydrogen) atoms. The molecule has 0 saturated carbocycles. The summed E-state index contributed by atoms with van der Waals surface area (Å²) in [4.78, 5) is 2.28. The molecule has 0 aromatic carbocycles. The summed E-state index contributed by atoms with van der Waals surface area (Å²) in [6, 6.07) is 0. The molecule has 1 fully saturated rings. The Bertz CT molecular complexity index is 182. The van der Waals surface area contributed by atoms with Crippen LogP contribution in [0.15, 0.2) is 0 Å². The molecule has 1 aliphatic rings. The Hall–Kier alpha value is -0.120. The third kappa shape index (κ3) is 2.10. The van der Waals surface area contributed by atoms with Gasteiger partial charge in [-0.2, -0.15) is 0 Å². The van der Waals surface area contributed by atoms with Gasteiger partial charge in [-0.3, -0.25) is 0 Å². The van der Waals surface area contributed by atoms with Crippen molar-refractivity contribution in [3.63, 3.8) is 0 Å². The first-order valence-corrected chi connectivity index (χ1v) is 5.65. The molecule has 3 N–H and O–H groups in total. The van der Waals surface area contributed by atoms with Gasteiger partial charge < -0.3 is 15.7 Å². The van der Waals surface area contributed by atoms with E-state index < -0.39 is 5.60 Å². The molecular formula is C11H24N2O. The zero-order valence-corrected chi connectivity index (χ0v) is 9.66. The first-order chi connectivity index (χ1) is 6.54. The maximum atomic E-state index is 10.6. The van der Waals surface area contributed by atoms with E-state index in [0.29, 0.717) is 12.5 Å². The fraction of sp³-hybridized carbons (Fsp3) is 1.00. The normalized spacial score (nSPS) is 37.1. The highest BCUT2D eigenvalue weighted by molar-refractivity contribution is 4.95. The fourth-order valence-electron chi connectivity index (χ4n) is 2.66. The second-order valence-electron chi connectivity index (χ2n) is 4.75. The van der Waals surface area contributed by atoms with Gasteiger partial charge >= 0.3 is 0 Å². The quantitative estimate of drug-likeness (QED) is 0.704. The molecule has 0 aromatic rings. The van der Waals surface area contributed by atoms with Crippen LogP contribution in [0.3, 0.4) is 0 Å². The van der Waals surface area contributed by atoms with Crippen LogP contribution in [-0.2, 0) is 0 Å². The van der Waals surface area contributed by atoms with E-state index >= 15 is 0 Å². The Morgan fingerprint density at radius 2 is 2.29 bits per heavy atom. The van der Waals surface area contributed by atoms with Crippen molar-refractivity contribution in [3.8, 4) is 0 Å². The highest BCUT2D eigenvalue weighted by Crippen LogP contribution is 2.35. The van der Waals surface area contributed by atoms with Gasteiger partial charge in [0.05, 0.1) is 5.60 Å². The molecule has 1 saturated heterocycles. The molecular weight excluding hydrogens is 176 g/mol. The highest BCUT2D eigenvalue weighted by Gasteiger charge is 2.42. The standard InChI is InChI=1S/C11H24N2O/c1-4-10(7-12)11(14)5-6-13(3)8-9(11)2/h9-10,14H,4-8,12H2,1-3H3.